The first-order valence-electron chi connectivity index (χ1n) is 4.63. The zero-order valence-corrected chi connectivity index (χ0v) is 10.1. The number of hydrogen-bond donors (Lipinski definition) is 0. The third-order valence-electron chi connectivity index (χ3n) is 1.68. The van der Waals surface area contributed by atoms with Crippen molar-refractivity contribution < 1.29 is 9.53 Å². The van der Waals surface area contributed by atoms with Gasteiger partial charge >= 0.3 is 5.97 Å². The molecule has 0 amide bonds. The van der Waals surface area contributed by atoms with Crippen LogP contribution < -0.4 is 0 Å². The molecule has 15 heavy (non-hydrogen) atoms. The third kappa shape index (κ3) is 5.09. The van der Waals surface area contributed by atoms with Crippen LogP contribution in [0.5, 0.6) is 0 Å². The number of halogens is 1. The molecular weight excluding hydrogens is 232 g/mol. The second-order valence-corrected chi connectivity index (χ2v) is 4.41. The van der Waals surface area contributed by atoms with Gasteiger partial charge in [0.25, 0.3) is 0 Å². The molecule has 1 atom stereocenters. The maximum Gasteiger partial charge on any atom is 0.302 e. The maximum absolute atomic E-state index is 10.7. The number of thioether (sulfide) groups is 1. The Bertz CT molecular complexity index is 303. The molecule has 0 aliphatic heterocycles. The summed E-state index contributed by atoms with van der Waals surface area (Å²) in [7, 11) is 0. The molecule has 0 saturated carbocycles. The summed E-state index contributed by atoms with van der Waals surface area (Å²) in [5.41, 5.74) is 0. The number of ether oxygens (including phenoxy) is 1. The van der Waals surface area contributed by atoms with Gasteiger partial charge in [-0.3, -0.25) is 4.79 Å². The van der Waals surface area contributed by atoms with Crippen molar-refractivity contribution in [3.05, 3.63) is 30.3 Å². The van der Waals surface area contributed by atoms with Gasteiger partial charge in [-0.15, -0.1) is 23.4 Å². The highest BCUT2D eigenvalue weighted by molar-refractivity contribution is 7.99. The lowest BCUT2D eigenvalue weighted by atomic mass is 10.4. The first-order chi connectivity index (χ1) is 7.22. The first-order valence-corrected chi connectivity index (χ1v) is 6.15. The predicted molar refractivity (Wildman–Crippen MR) is 63.4 cm³/mol. The van der Waals surface area contributed by atoms with Crippen molar-refractivity contribution in [2.75, 3.05) is 11.6 Å². The fourth-order valence-electron chi connectivity index (χ4n) is 1.05. The summed E-state index contributed by atoms with van der Waals surface area (Å²) >= 11 is 7.32. The lowest BCUT2D eigenvalue weighted by Crippen LogP contribution is -2.20. The second kappa shape index (κ2) is 6.75. The van der Waals surface area contributed by atoms with Crippen molar-refractivity contribution in [2.24, 2.45) is 0 Å². The molecule has 0 unspecified atom stereocenters. The summed E-state index contributed by atoms with van der Waals surface area (Å²) in [6.07, 6.45) is -0.214. The summed E-state index contributed by atoms with van der Waals surface area (Å²) in [6.45, 7) is 1.40. The van der Waals surface area contributed by atoms with Gasteiger partial charge in [0.15, 0.2) is 0 Å². The van der Waals surface area contributed by atoms with E-state index in [9.17, 15) is 4.79 Å². The van der Waals surface area contributed by atoms with Crippen molar-refractivity contribution in [2.45, 2.75) is 17.9 Å². The second-order valence-electron chi connectivity index (χ2n) is 3.01. The Balaban J connectivity index is 2.37. The number of carbonyl (C=O) groups is 1. The van der Waals surface area contributed by atoms with Gasteiger partial charge < -0.3 is 4.74 Å². The van der Waals surface area contributed by atoms with Crippen LogP contribution in [0.3, 0.4) is 0 Å². The number of hydrogen-bond acceptors (Lipinski definition) is 3. The highest BCUT2D eigenvalue weighted by Gasteiger charge is 2.10. The molecule has 1 aromatic rings. The van der Waals surface area contributed by atoms with Gasteiger partial charge in [0, 0.05) is 17.6 Å². The number of rotatable bonds is 5. The van der Waals surface area contributed by atoms with E-state index < -0.39 is 0 Å². The van der Waals surface area contributed by atoms with Crippen molar-refractivity contribution >= 4 is 29.3 Å². The van der Waals surface area contributed by atoms with E-state index in [4.69, 9.17) is 16.3 Å². The van der Waals surface area contributed by atoms with E-state index in [-0.39, 0.29) is 12.1 Å². The summed E-state index contributed by atoms with van der Waals surface area (Å²) in [5.74, 6) is 0.737. The molecule has 0 heterocycles. The smallest absolute Gasteiger partial charge is 0.302 e. The molecule has 1 aromatic carbocycles. The third-order valence-corrected chi connectivity index (χ3v) is 3.17. The van der Waals surface area contributed by atoms with Crippen LogP contribution in [-0.2, 0) is 9.53 Å². The molecule has 4 heteroatoms. The molecule has 1 rings (SSSR count). The van der Waals surface area contributed by atoms with Crippen LogP contribution in [-0.4, -0.2) is 23.7 Å². The standard InChI is InChI=1S/C11H13ClO2S/c1-9(13)14-10(7-12)8-15-11-5-3-2-4-6-11/h2-6,10H,7-8H2,1H3/t10-/m1/s1. The Morgan fingerprint density at radius 3 is 2.67 bits per heavy atom. The molecule has 0 aromatic heterocycles. The van der Waals surface area contributed by atoms with Gasteiger partial charge in [0.2, 0.25) is 0 Å². The topological polar surface area (TPSA) is 26.3 Å². The molecule has 0 aliphatic carbocycles. The van der Waals surface area contributed by atoms with Crippen LogP contribution in [0.25, 0.3) is 0 Å². The molecule has 0 aliphatic rings. The van der Waals surface area contributed by atoms with Crippen molar-refractivity contribution in [3.8, 4) is 0 Å². The van der Waals surface area contributed by atoms with Crippen molar-refractivity contribution in [1.29, 1.82) is 0 Å². The Labute approximate surface area is 99.0 Å². The van der Waals surface area contributed by atoms with Crippen LogP contribution in [0.2, 0.25) is 0 Å². The molecule has 0 saturated heterocycles. The van der Waals surface area contributed by atoms with E-state index in [0.29, 0.717) is 11.6 Å². The van der Waals surface area contributed by atoms with Gasteiger partial charge in [-0.05, 0) is 12.1 Å². The zero-order valence-electron chi connectivity index (χ0n) is 8.48. The summed E-state index contributed by atoms with van der Waals surface area (Å²) < 4.78 is 5.03. The van der Waals surface area contributed by atoms with Crippen molar-refractivity contribution in [3.63, 3.8) is 0 Å². The summed E-state index contributed by atoms with van der Waals surface area (Å²) in [4.78, 5) is 11.9. The Hall–Kier alpha value is -0.670. The number of esters is 1. The van der Waals surface area contributed by atoms with E-state index in [1.54, 1.807) is 11.8 Å². The lowest BCUT2D eigenvalue weighted by molar-refractivity contribution is -0.144. The molecule has 0 spiro atoms. The molecule has 0 bridgehead atoms. The minimum Gasteiger partial charge on any atom is -0.460 e. The largest absolute Gasteiger partial charge is 0.460 e. The highest BCUT2D eigenvalue weighted by Crippen LogP contribution is 2.19. The average Bonchev–Trinajstić information content (AvgIpc) is 2.25. The van der Waals surface area contributed by atoms with Crippen LogP contribution in [0.4, 0.5) is 0 Å². The first kappa shape index (κ1) is 12.4. The van der Waals surface area contributed by atoms with E-state index in [1.807, 2.05) is 30.3 Å². The van der Waals surface area contributed by atoms with Crippen LogP contribution in [0.1, 0.15) is 6.92 Å². The Morgan fingerprint density at radius 1 is 1.47 bits per heavy atom. The minimum absolute atomic E-state index is 0.214. The monoisotopic (exact) mass is 244 g/mol. The average molecular weight is 245 g/mol. The van der Waals surface area contributed by atoms with E-state index in [2.05, 4.69) is 0 Å². The maximum atomic E-state index is 10.7. The fourth-order valence-corrected chi connectivity index (χ4v) is 2.27. The minimum atomic E-state index is -0.283. The van der Waals surface area contributed by atoms with E-state index in [0.717, 1.165) is 4.90 Å². The number of carbonyl (C=O) groups excluding carboxylic acids is 1. The van der Waals surface area contributed by atoms with Crippen LogP contribution in [0, 0.1) is 0 Å². The van der Waals surface area contributed by atoms with Gasteiger partial charge in [0.05, 0.1) is 5.88 Å². The molecule has 2 nitrogen and oxygen atoms in total. The number of alkyl halides is 1. The van der Waals surface area contributed by atoms with Crippen molar-refractivity contribution in [1.82, 2.24) is 0 Å². The van der Waals surface area contributed by atoms with E-state index in [1.165, 1.54) is 6.92 Å². The molecular formula is C11H13ClO2S. The van der Waals surface area contributed by atoms with Gasteiger partial charge in [-0.2, -0.15) is 0 Å². The van der Waals surface area contributed by atoms with Gasteiger partial charge in [0.1, 0.15) is 6.10 Å². The molecule has 82 valence electrons. The highest BCUT2D eigenvalue weighted by atomic mass is 35.5. The molecule has 0 radical (unpaired) electrons. The van der Waals surface area contributed by atoms with Gasteiger partial charge in [-0.25, -0.2) is 0 Å². The van der Waals surface area contributed by atoms with Gasteiger partial charge in [-0.1, -0.05) is 18.2 Å². The lowest BCUT2D eigenvalue weighted by Gasteiger charge is -2.13. The molecule has 0 fully saturated rings. The Morgan fingerprint density at radius 2 is 2.13 bits per heavy atom. The van der Waals surface area contributed by atoms with Crippen LogP contribution >= 0.6 is 23.4 Å². The zero-order chi connectivity index (χ0) is 11.1. The quantitative estimate of drug-likeness (QED) is 0.453. The van der Waals surface area contributed by atoms with E-state index >= 15 is 0 Å². The fraction of sp³-hybridized carbons (Fsp3) is 0.364. The summed E-state index contributed by atoms with van der Waals surface area (Å²) in [6, 6.07) is 9.95. The van der Waals surface area contributed by atoms with Crippen LogP contribution in [0.15, 0.2) is 35.2 Å². The predicted octanol–water partition coefficient (Wildman–Crippen LogP) is 2.95. The number of benzene rings is 1. The Kier molecular flexibility index (Phi) is 5.58. The SMILES string of the molecule is CC(=O)O[C@H](CCl)CSc1ccccc1. The molecule has 0 N–H and O–H groups in total. The summed E-state index contributed by atoms with van der Waals surface area (Å²) in [5, 5.41) is 0. The normalized spacial score (nSPS) is 12.1.